The second-order valence-electron chi connectivity index (χ2n) is 3.48. The molecule has 0 saturated heterocycles. The Balaban J connectivity index is 3.58. The van der Waals surface area contributed by atoms with Crippen LogP contribution in [0.5, 0.6) is 0 Å². The molecule has 94 valence electrons. The molecule has 0 aromatic carbocycles. The van der Waals surface area contributed by atoms with E-state index in [2.05, 4.69) is 0 Å². The summed E-state index contributed by atoms with van der Waals surface area (Å²) in [4.78, 5) is 20.5. The number of ether oxygens (including phenoxy) is 2. The third-order valence-corrected chi connectivity index (χ3v) is 2.20. The molecule has 0 amide bonds. The summed E-state index contributed by atoms with van der Waals surface area (Å²) in [6, 6.07) is 0. The van der Waals surface area contributed by atoms with Crippen molar-refractivity contribution in [2.24, 2.45) is 0 Å². The van der Waals surface area contributed by atoms with Gasteiger partial charge in [0, 0.05) is 19.4 Å². The summed E-state index contributed by atoms with van der Waals surface area (Å²) in [6.07, 6.45) is 2.73. The van der Waals surface area contributed by atoms with Crippen LogP contribution >= 0.6 is 0 Å². The highest BCUT2D eigenvalue weighted by Crippen LogP contribution is 2.10. The molecule has 0 rings (SSSR count). The Bertz CT molecular complexity index is 193. The molecule has 0 bridgehead atoms. The van der Waals surface area contributed by atoms with Crippen LogP contribution in [-0.2, 0) is 19.1 Å². The minimum Gasteiger partial charge on any atom is -0.481 e. The van der Waals surface area contributed by atoms with Gasteiger partial charge in [-0.3, -0.25) is 9.59 Å². The molecule has 1 atom stereocenters. The van der Waals surface area contributed by atoms with Crippen LogP contribution < -0.4 is 0 Å². The molecule has 0 aliphatic carbocycles. The molecule has 0 aromatic heterocycles. The Labute approximate surface area is 95.7 Å². The van der Waals surface area contributed by atoms with Crippen molar-refractivity contribution in [3.8, 4) is 0 Å². The first-order valence-corrected chi connectivity index (χ1v) is 5.59. The first-order chi connectivity index (χ1) is 7.70. The molecular weight excluding hydrogens is 212 g/mol. The van der Waals surface area contributed by atoms with Crippen LogP contribution in [0.1, 0.15) is 39.0 Å². The molecule has 0 aliphatic heterocycles. The second-order valence-corrected chi connectivity index (χ2v) is 3.48. The van der Waals surface area contributed by atoms with Gasteiger partial charge in [0.1, 0.15) is 6.10 Å². The molecule has 0 saturated carbocycles. The van der Waals surface area contributed by atoms with Crippen LogP contribution in [0.4, 0.5) is 0 Å². The molecule has 0 aromatic rings. The monoisotopic (exact) mass is 232 g/mol. The van der Waals surface area contributed by atoms with Crippen LogP contribution in [0, 0.1) is 0 Å². The number of aliphatic carboxylic acids is 1. The average Bonchev–Trinajstić information content (AvgIpc) is 2.24. The third-order valence-electron chi connectivity index (χ3n) is 2.20. The van der Waals surface area contributed by atoms with E-state index in [0.717, 1.165) is 6.42 Å². The number of unbranched alkanes of at least 4 members (excludes halogenated alkanes) is 1. The normalized spacial score (nSPS) is 12.1. The molecule has 1 N–H and O–H groups in total. The van der Waals surface area contributed by atoms with E-state index in [-0.39, 0.29) is 12.5 Å². The highest BCUT2D eigenvalue weighted by Gasteiger charge is 2.09. The fraction of sp³-hybridized carbons (Fsp3) is 0.818. The van der Waals surface area contributed by atoms with E-state index in [9.17, 15) is 9.59 Å². The average molecular weight is 232 g/mol. The van der Waals surface area contributed by atoms with Crippen molar-refractivity contribution < 1.29 is 24.2 Å². The van der Waals surface area contributed by atoms with E-state index < -0.39 is 5.97 Å². The van der Waals surface area contributed by atoms with Gasteiger partial charge in [-0.1, -0.05) is 0 Å². The SMILES string of the molecule is CCOCCC(CCCCC(=O)O)OC=O. The lowest BCUT2D eigenvalue weighted by molar-refractivity contribution is -0.138. The number of rotatable bonds is 11. The number of carbonyl (C=O) groups is 2. The van der Waals surface area contributed by atoms with Gasteiger partial charge in [-0.05, 0) is 26.2 Å². The van der Waals surface area contributed by atoms with E-state index in [1.165, 1.54) is 0 Å². The molecule has 0 radical (unpaired) electrons. The van der Waals surface area contributed by atoms with Gasteiger partial charge in [-0.15, -0.1) is 0 Å². The largest absolute Gasteiger partial charge is 0.481 e. The number of hydrogen-bond donors (Lipinski definition) is 1. The van der Waals surface area contributed by atoms with E-state index in [1.807, 2.05) is 6.92 Å². The Morgan fingerprint density at radius 3 is 2.69 bits per heavy atom. The fourth-order valence-corrected chi connectivity index (χ4v) is 1.37. The zero-order chi connectivity index (χ0) is 12.2. The summed E-state index contributed by atoms with van der Waals surface area (Å²) < 4.78 is 10.1. The Morgan fingerprint density at radius 2 is 2.12 bits per heavy atom. The first kappa shape index (κ1) is 14.9. The van der Waals surface area contributed by atoms with Gasteiger partial charge in [0.25, 0.3) is 6.47 Å². The molecule has 0 spiro atoms. The van der Waals surface area contributed by atoms with Crippen molar-refractivity contribution in [1.82, 2.24) is 0 Å². The van der Waals surface area contributed by atoms with Gasteiger partial charge >= 0.3 is 5.97 Å². The highest BCUT2D eigenvalue weighted by molar-refractivity contribution is 5.66. The first-order valence-electron chi connectivity index (χ1n) is 5.59. The van der Waals surface area contributed by atoms with Crippen molar-refractivity contribution in [1.29, 1.82) is 0 Å². The van der Waals surface area contributed by atoms with Crippen molar-refractivity contribution in [3.63, 3.8) is 0 Å². The summed E-state index contributed by atoms with van der Waals surface area (Å²) in [7, 11) is 0. The van der Waals surface area contributed by atoms with Crippen LogP contribution in [-0.4, -0.2) is 36.9 Å². The van der Waals surface area contributed by atoms with Gasteiger partial charge in [0.05, 0.1) is 6.61 Å². The van der Waals surface area contributed by atoms with E-state index in [1.54, 1.807) is 0 Å². The summed E-state index contributed by atoms with van der Waals surface area (Å²) >= 11 is 0. The maximum Gasteiger partial charge on any atom is 0.303 e. The predicted octanol–water partition coefficient (Wildman–Crippen LogP) is 1.60. The lowest BCUT2D eigenvalue weighted by Crippen LogP contribution is -2.15. The molecule has 16 heavy (non-hydrogen) atoms. The van der Waals surface area contributed by atoms with Gasteiger partial charge in [0.15, 0.2) is 0 Å². The quantitative estimate of drug-likeness (QED) is 0.432. The maximum atomic E-state index is 10.3. The van der Waals surface area contributed by atoms with Crippen molar-refractivity contribution >= 4 is 12.4 Å². The molecule has 0 heterocycles. The fourth-order valence-electron chi connectivity index (χ4n) is 1.37. The van der Waals surface area contributed by atoms with Crippen LogP contribution in [0.2, 0.25) is 0 Å². The van der Waals surface area contributed by atoms with Gasteiger partial charge in [0.2, 0.25) is 0 Å². The Kier molecular flexibility index (Phi) is 9.70. The second kappa shape index (κ2) is 10.4. The smallest absolute Gasteiger partial charge is 0.303 e. The predicted molar refractivity (Wildman–Crippen MR) is 58.2 cm³/mol. The zero-order valence-corrected chi connectivity index (χ0v) is 9.68. The highest BCUT2D eigenvalue weighted by atomic mass is 16.5. The number of carbonyl (C=O) groups excluding carboxylic acids is 1. The Hall–Kier alpha value is -1.10. The molecule has 0 fully saturated rings. The topological polar surface area (TPSA) is 72.8 Å². The Morgan fingerprint density at radius 1 is 1.38 bits per heavy atom. The standard InChI is InChI=1S/C11H20O5/c1-2-15-8-7-10(16-9-12)5-3-4-6-11(13)14/h9-10H,2-8H2,1H3,(H,13,14). The molecule has 5 nitrogen and oxygen atoms in total. The maximum absolute atomic E-state index is 10.3. The summed E-state index contributed by atoms with van der Waals surface area (Å²) in [5.74, 6) is -0.790. The van der Waals surface area contributed by atoms with Crippen molar-refractivity contribution in [2.45, 2.75) is 45.1 Å². The van der Waals surface area contributed by atoms with Gasteiger partial charge < -0.3 is 14.6 Å². The molecule has 5 heteroatoms. The van der Waals surface area contributed by atoms with Crippen LogP contribution in [0.3, 0.4) is 0 Å². The minimum absolute atomic E-state index is 0.155. The van der Waals surface area contributed by atoms with E-state index >= 15 is 0 Å². The summed E-state index contributed by atoms with van der Waals surface area (Å²) in [6.45, 7) is 3.55. The third kappa shape index (κ3) is 9.45. The number of hydrogen-bond acceptors (Lipinski definition) is 4. The van der Waals surface area contributed by atoms with E-state index in [0.29, 0.717) is 38.9 Å². The molecule has 1 unspecified atom stereocenters. The summed E-state index contributed by atoms with van der Waals surface area (Å²) in [5, 5.41) is 8.45. The number of carboxylic acid groups (broad SMARTS) is 1. The minimum atomic E-state index is -0.790. The zero-order valence-electron chi connectivity index (χ0n) is 9.68. The van der Waals surface area contributed by atoms with Gasteiger partial charge in [-0.25, -0.2) is 0 Å². The number of carboxylic acids is 1. The summed E-state index contributed by atoms with van der Waals surface area (Å²) in [5.41, 5.74) is 0. The molecular formula is C11H20O5. The van der Waals surface area contributed by atoms with Crippen molar-refractivity contribution in [2.75, 3.05) is 13.2 Å². The van der Waals surface area contributed by atoms with Crippen LogP contribution in [0.15, 0.2) is 0 Å². The lowest BCUT2D eigenvalue weighted by Gasteiger charge is -2.14. The van der Waals surface area contributed by atoms with E-state index in [4.69, 9.17) is 14.6 Å². The van der Waals surface area contributed by atoms with Crippen LogP contribution in [0.25, 0.3) is 0 Å². The lowest BCUT2D eigenvalue weighted by atomic mass is 10.1. The molecule has 0 aliphatic rings. The van der Waals surface area contributed by atoms with Gasteiger partial charge in [-0.2, -0.15) is 0 Å². The van der Waals surface area contributed by atoms with Crippen molar-refractivity contribution in [3.05, 3.63) is 0 Å².